The van der Waals surface area contributed by atoms with Crippen LogP contribution in [0.4, 0.5) is 5.69 Å². The Labute approximate surface area is 224 Å². The smallest absolute Gasteiger partial charge is 0.340 e. The van der Waals surface area contributed by atoms with Crippen LogP contribution < -0.4 is 10.6 Å². The van der Waals surface area contributed by atoms with Crippen molar-refractivity contribution in [2.75, 3.05) is 18.5 Å². The molecule has 0 radical (unpaired) electrons. The number of carbonyl (C=O) groups is 4. The summed E-state index contributed by atoms with van der Waals surface area (Å²) < 4.78 is 10.9. The standard InChI is InChI=1S/C26H27Cl2N3O6/c1-5-36-26(35)22-15(4)31(13-14(2)3)25(34)21(22)11-19-6-7-20(37-19)12-29-23(32)24(33)30-18-9-16(27)8-17(28)10-18/h6-11,14H,5,12-13H2,1-4H3,(H,29,32)(H,30,33)/b21-11+. The number of amides is 3. The van der Waals surface area contributed by atoms with Gasteiger partial charge in [0.2, 0.25) is 0 Å². The average molecular weight is 548 g/mol. The molecule has 0 saturated carbocycles. The van der Waals surface area contributed by atoms with Crippen LogP contribution in [0.5, 0.6) is 0 Å². The van der Waals surface area contributed by atoms with E-state index in [-0.39, 0.29) is 41.8 Å². The molecule has 37 heavy (non-hydrogen) atoms. The molecule has 1 aromatic heterocycles. The summed E-state index contributed by atoms with van der Waals surface area (Å²) in [6.07, 6.45) is 1.47. The number of nitrogens with one attached hydrogen (secondary N) is 2. The van der Waals surface area contributed by atoms with Gasteiger partial charge in [-0.2, -0.15) is 0 Å². The maximum absolute atomic E-state index is 13.1. The second-order valence-corrected chi connectivity index (χ2v) is 9.52. The molecule has 0 atom stereocenters. The van der Waals surface area contributed by atoms with E-state index in [0.29, 0.717) is 33.8 Å². The summed E-state index contributed by atoms with van der Waals surface area (Å²) in [5.41, 5.74) is 1.16. The van der Waals surface area contributed by atoms with Crippen LogP contribution in [0.1, 0.15) is 39.2 Å². The van der Waals surface area contributed by atoms with Crippen LogP contribution in [-0.4, -0.2) is 41.7 Å². The van der Waals surface area contributed by atoms with E-state index in [2.05, 4.69) is 10.6 Å². The lowest BCUT2D eigenvalue weighted by Gasteiger charge is -2.19. The zero-order valence-corrected chi connectivity index (χ0v) is 22.3. The number of rotatable bonds is 8. The number of allylic oxidation sites excluding steroid dienone is 1. The van der Waals surface area contributed by atoms with Crippen molar-refractivity contribution in [1.29, 1.82) is 0 Å². The summed E-state index contributed by atoms with van der Waals surface area (Å²) in [7, 11) is 0. The van der Waals surface area contributed by atoms with Crippen molar-refractivity contribution in [2.24, 2.45) is 5.92 Å². The molecule has 0 bridgehead atoms. The van der Waals surface area contributed by atoms with Crippen LogP contribution in [0, 0.1) is 5.92 Å². The molecule has 0 spiro atoms. The Bertz CT molecular complexity index is 1270. The van der Waals surface area contributed by atoms with E-state index in [9.17, 15) is 19.2 Å². The van der Waals surface area contributed by atoms with Crippen molar-refractivity contribution in [3.8, 4) is 0 Å². The quantitative estimate of drug-likeness (QED) is 0.284. The van der Waals surface area contributed by atoms with Gasteiger partial charge < -0.3 is 24.7 Å². The minimum absolute atomic E-state index is 0.0846. The fourth-order valence-corrected chi connectivity index (χ4v) is 4.21. The van der Waals surface area contributed by atoms with E-state index in [1.807, 2.05) is 13.8 Å². The Balaban J connectivity index is 1.71. The molecule has 0 fully saturated rings. The van der Waals surface area contributed by atoms with Crippen molar-refractivity contribution < 1.29 is 28.3 Å². The zero-order valence-electron chi connectivity index (χ0n) is 20.8. The fourth-order valence-electron chi connectivity index (χ4n) is 3.69. The molecule has 9 nitrogen and oxygen atoms in total. The first-order valence-electron chi connectivity index (χ1n) is 11.6. The third-order valence-electron chi connectivity index (χ3n) is 5.26. The molecule has 0 saturated heterocycles. The second kappa shape index (κ2) is 12.1. The summed E-state index contributed by atoms with van der Waals surface area (Å²) in [4.78, 5) is 51.7. The average Bonchev–Trinajstić information content (AvgIpc) is 3.34. The van der Waals surface area contributed by atoms with Gasteiger partial charge in [0.1, 0.15) is 11.5 Å². The van der Waals surface area contributed by atoms with Crippen molar-refractivity contribution >= 4 is 58.7 Å². The molecule has 0 unspecified atom stereocenters. The predicted octanol–water partition coefficient (Wildman–Crippen LogP) is 4.56. The summed E-state index contributed by atoms with van der Waals surface area (Å²) in [5.74, 6) is -1.89. The topological polar surface area (TPSA) is 118 Å². The Hall–Kier alpha value is -3.56. The lowest BCUT2D eigenvalue weighted by molar-refractivity contribution is -0.138. The lowest BCUT2D eigenvalue weighted by Crippen LogP contribution is -2.34. The molecular formula is C26H27Cl2N3O6. The van der Waals surface area contributed by atoms with Crippen LogP contribution in [0.15, 0.2) is 51.6 Å². The van der Waals surface area contributed by atoms with Gasteiger partial charge in [-0.05, 0) is 56.2 Å². The molecule has 3 rings (SSSR count). The van der Waals surface area contributed by atoms with Crippen LogP contribution >= 0.6 is 23.2 Å². The van der Waals surface area contributed by atoms with Crippen LogP contribution in [0.25, 0.3) is 6.08 Å². The van der Waals surface area contributed by atoms with Crippen molar-refractivity contribution in [1.82, 2.24) is 10.2 Å². The maximum atomic E-state index is 13.1. The number of hydrogen-bond acceptors (Lipinski definition) is 6. The Morgan fingerprint density at radius 1 is 1.11 bits per heavy atom. The molecule has 11 heteroatoms. The van der Waals surface area contributed by atoms with Gasteiger partial charge in [0.05, 0.1) is 24.3 Å². The Morgan fingerprint density at radius 3 is 2.41 bits per heavy atom. The van der Waals surface area contributed by atoms with Crippen molar-refractivity contribution in [3.05, 3.63) is 68.7 Å². The summed E-state index contributed by atoms with van der Waals surface area (Å²) in [6, 6.07) is 7.60. The van der Waals surface area contributed by atoms with E-state index in [4.69, 9.17) is 32.4 Å². The normalized spacial score (nSPS) is 14.5. The molecule has 196 valence electrons. The van der Waals surface area contributed by atoms with Gasteiger partial charge >= 0.3 is 17.8 Å². The number of furan rings is 1. The van der Waals surface area contributed by atoms with E-state index < -0.39 is 17.8 Å². The van der Waals surface area contributed by atoms with Crippen LogP contribution in [0.3, 0.4) is 0 Å². The molecule has 2 heterocycles. The third kappa shape index (κ3) is 7.02. The van der Waals surface area contributed by atoms with Crippen LogP contribution in [0.2, 0.25) is 10.0 Å². The van der Waals surface area contributed by atoms with E-state index in [0.717, 1.165) is 0 Å². The number of hydrogen-bond donors (Lipinski definition) is 2. The van der Waals surface area contributed by atoms with Gasteiger partial charge in [0.25, 0.3) is 5.91 Å². The van der Waals surface area contributed by atoms with Gasteiger partial charge in [0, 0.05) is 28.0 Å². The van der Waals surface area contributed by atoms with Crippen molar-refractivity contribution in [2.45, 2.75) is 34.2 Å². The number of esters is 1. The highest BCUT2D eigenvalue weighted by atomic mass is 35.5. The number of anilines is 1. The second-order valence-electron chi connectivity index (χ2n) is 8.65. The Morgan fingerprint density at radius 2 is 1.78 bits per heavy atom. The van der Waals surface area contributed by atoms with Gasteiger partial charge in [-0.3, -0.25) is 14.4 Å². The molecule has 3 amide bonds. The minimum Gasteiger partial charge on any atom is -0.462 e. The van der Waals surface area contributed by atoms with Gasteiger partial charge in [0.15, 0.2) is 0 Å². The van der Waals surface area contributed by atoms with Gasteiger partial charge in [-0.25, -0.2) is 4.79 Å². The fraction of sp³-hybridized carbons (Fsp3) is 0.308. The summed E-state index contributed by atoms with van der Waals surface area (Å²) in [5, 5.41) is 5.49. The first kappa shape index (κ1) is 28.0. The SMILES string of the molecule is CCOC(=O)C1=C(C)N(CC(C)C)C(=O)/C1=C/c1ccc(CNC(=O)C(=O)Nc2cc(Cl)cc(Cl)c2)o1. The molecule has 2 N–H and O–H groups in total. The number of halogens is 2. The van der Waals surface area contributed by atoms with E-state index in [1.165, 1.54) is 24.3 Å². The number of benzene rings is 1. The first-order valence-corrected chi connectivity index (χ1v) is 12.3. The third-order valence-corrected chi connectivity index (χ3v) is 5.69. The zero-order chi connectivity index (χ0) is 27.3. The number of nitrogens with zero attached hydrogens (tertiary/aromatic N) is 1. The van der Waals surface area contributed by atoms with E-state index in [1.54, 1.807) is 30.9 Å². The molecular weight excluding hydrogens is 521 g/mol. The lowest BCUT2D eigenvalue weighted by atomic mass is 10.1. The molecule has 1 aromatic carbocycles. The molecule has 1 aliphatic heterocycles. The summed E-state index contributed by atoms with van der Waals surface area (Å²) >= 11 is 11.8. The monoisotopic (exact) mass is 547 g/mol. The van der Waals surface area contributed by atoms with E-state index >= 15 is 0 Å². The number of carbonyl (C=O) groups excluding carboxylic acids is 4. The van der Waals surface area contributed by atoms with Crippen molar-refractivity contribution in [3.63, 3.8) is 0 Å². The minimum atomic E-state index is -0.909. The highest BCUT2D eigenvalue weighted by Gasteiger charge is 2.37. The molecule has 1 aliphatic rings. The highest BCUT2D eigenvalue weighted by Crippen LogP contribution is 2.32. The van der Waals surface area contributed by atoms with Gasteiger partial charge in [-0.15, -0.1) is 0 Å². The number of ether oxygens (including phenoxy) is 1. The predicted molar refractivity (Wildman–Crippen MR) is 140 cm³/mol. The largest absolute Gasteiger partial charge is 0.462 e. The molecule has 2 aromatic rings. The Kier molecular flexibility index (Phi) is 9.18. The first-order chi connectivity index (χ1) is 17.5. The van der Waals surface area contributed by atoms with Gasteiger partial charge in [-0.1, -0.05) is 37.0 Å². The highest BCUT2D eigenvalue weighted by molar-refractivity contribution is 6.40. The van der Waals surface area contributed by atoms with Crippen LogP contribution in [-0.2, 0) is 30.5 Å². The molecule has 0 aliphatic carbocycles. The maximum Gasteiger partial charge on any atom is 0.340 e. The summed E-state index contributed by atoms with van der Waals surface area (Å²) in [6.45, 7) is 7.89.